The van der Waals surface area contributed by atoms with E-state index in [-0.39, 0.29) is 32.7 Å². The number of hydrogen-bond donors (Lipinski definition) is 0. The summed E-state index contributed by atoms with van der Waals surface area (Å²) in [5.74, 6) is 2.01. The van der Waals surface area contributed by atoms with E-state index in [0.29, 0.717) is 11.9 Å². The summed E-state index contributed by atoms with van der Waals surface area (Å²) in [6.45, 7) is 3.25. The summed E-state index contributed by atoms with van der Waals surface area (Å²) in [4.78, 5) is 13.6. The van der Waals surface area contributed by atoms with Gasteiger partial charge in [-0.1, -0.05) is 12.8 Å². The molecule has 1 aliphatic heterocycles. The molecule has 1 amide bonds. The van der Waals surface area contributed by atoms with Gasteiger partial charge >= 0.3 is 0 Å². The van der Waals surface area contributed by atoms with Crippen molar-refractivity contribution in [3.63, 3.8) is 0 Å². The maximum Gasteiger partial charge on any atom is 0.222 e. The Kier molecular flexibility index (Phi) is 5.06. The molecule has 1 heterocycles. The summed E-state index contributed by atoms with van der Waals surface area (Å²) in [6, 6.07) is 0.568. The van der Waals surface area contributed by atoms with Crippen molar-refractivity contribution in [3.8, 4) is 0 Å². The minimum absolute atomic E-state index is 0. The number of nitrogens with zero attached hydrogens (tertiary/aromatic N) is 1. The van der Waals surface area contributed by atoms with Gasteiger partial charge in [-0.3, -0.25) is 4.79 Å². The molecule has 0 unspecified atom stereocenters. The summed E-state index contributed by atoms with van der Waals surface area (Å²) in [5.41, 5.74) is 0. The molecule has 1 saturated carbocycles. The van der Waals surface area contributed by atoms with Gasteiger partial charge in [0.05, 0.1) is 0 Å². The van der Waals surface area contributed by atoms with Crippen molar-refractivity contribution in [2.24, 2.45) is 0 Å². The van der Waals surface area contributed by atoms with Gasteiger partial charge in [-0.2, -0.15) is 19.8 Å². The SMILES string of the molecule is C[C-]1CCC(N2CCCC2=O)CC1.[Y]. The molecule has 2 aliphatic rings. The standard InChI is InChI=1S/C11H18NO.Y/c1-9-4-6-10(7-5-9)12-8-2-3-11(12)13;/h10H,2-8H2,1H3;/q-1;. The number of hydrogen-bond acceptors (Lipinski definition) is 1. The van der Waals surface area contributed by atoms with Crippen molar-refractivity contribution < 1.29 is 37.5 Å². The molecule has 1 saturated heterocycles. The smallest absolute Gasteiger partial charge is 0.222 e. The molecule has 0 aromatic rings. The zero-order valence-electron chi connectivity index (χ0n) is 8.96. The van der Waals surface area contributed by atoms with Crippen molar-refractivity contribution in [2.75, 3.05) is 6.54 Å². The van der Waals surface area contributed by atoms with E-state index in [9.17, 15) is 4.79 Å². The fraction of sp³-hybridized carbons (Fsp3) is 0.818. The van der Waals surface area contributed by atoms with E-state index >= 15 is 0 Å². The van der Waals surface area contributed by atoms with Crippen LogP contribution in [0.2, 0.25) is 0 Å². The van der Waals surface area contributed by atoms with E-state index in [1.54, 1.807) is 5.92 Å². The van der Waals surface area contributed by atoms with Crippen LogP contribution in [0.5, 0.6) is 0 Å². The second-order valence-corrected chi connectivity index (χ2v) is 4.38. The van der Waals surface area contributed by atoms with Crippen LogP contribution in [0.25, 0.3) is 0 Å². The average molecular weight is 269 g/mol. The van der Waals surface area contributed by atoms with Gasteiger partial charge < -0.3 is 10.8 Å². The summed E-state index contributed by atoms with van der Waals surface area (Å²) >= 11 is 0. The van der Waals surface area contributed by atoms with Crippen LogP contribution in [-0.2, 0) is 37.5 Å². The largest absolute Gasteiger partial charge is 0.340 e. The molecule has 0 spiro atoms. The monoisotopic (exact) mass is 269 g/mol. The Labute approximate surface area is 112 Å². The number of carbonyl (C=O) groups excluding carboxylic acids is 1. The van der Waals surface area contributed by atoms with Crippen molar-refractivity contribution in [2.45, 2.75) is 51.5 Å². The first-order valence-electron chi connectivity index (χ1n) is 5.38. The first-order chi connectivity index (χ1) is 6.27. The molecule has 77 valence electrons. The van der Waals surface area contributed by atoms with Crippen LogP contribution < -0.4 is 0 Å². The van der Waals surface area contributed by atoms with E-state index in [2.05, 4.69) is 11.8 Å². The normalized spacial score (nSPS) is 25.2. The molecule has 1 aliphatic carbocycles. The van der Waals surface area contributed by atoms with E-state index in [4.69, 9.17) is 0 Å². The minimum Gasteiger partial charge on any atom is -0.340 e. The third kappa shape index (κ3) is 2.79. The Morgan fingerprint density at radius 1 is 1.36 bits per heavy atom. The molecule has 2 rings (SSSR count). The molecule has 1 radical (unpaired) electrons. The number of rotatable bonds is 1. The summed E-state index contributed by atoms with van der Waals surface area (Å²) in [7, 11) is 0. The zero-order valence-corrected chi connectivity index (χ0v) is 11.8. The van der Waals surface area contributed by atoms with Gasteiger partial charge in [0.2, 0.25) is 5.91 Å². The summed E-state index contributed by atoms with van der Waals surface area (Å²) in [6.07, 6.45) is 6.75. The van der Waals surface area contributed by atoms with E-state index in [1.807, 2.05) is 0 Å². The van der Waals surface area contributed by atoms with Crippen LogP contribution >= 0.6 is 0 Å². The molecule has 14 heavy (non-hydrogen) atoms. The molecule has 0 bridgehead atoms. The molecular formula is C11H18NOY-. The Morgan fingerprint density at radius 2 is 2.00 bits per heavy atom. The van der Waals surface area contributed by atoms with Crippen molar-refractivity contribution in [3.05, 3.63) is 5.92 Å². The Bertz CT molecular complexity index is 199. The fourth-order valence-electron chi connectivity index (χ4n) is 2.46. The Balaban J connectivity index is 0.000000980. The van der Waals surface area contributed by atoms with Crippen LogP contribution in [-0.4, -0.2) is 23.4 Å². The molecule has 0 aromatic carbocycles. The van der Waals surface area contributed by atoms with Crippen LogP contribution in [0.3, 0.4) is 0 Å². The molecule has 0 N–H and O–H groups in total. The molecule has 2 nitrogen and oxygen atoms in total. The molecule has 0 aromatic heterocycles. The second-order valence-electron chi connectivity index (χ2n) is 4.38. The molecule has 0 atom stereocenters. The van der Waals surface area contributed by atoms with Crippen LogP contribution in [0.15, 0.2) is 0 Å². The fourth-order valence-corrected chi connectivity index (χ4v) is 2.46. The van der Waals surface area contributed by atoms with Gasteiger partial charge in [-0.25, -0.2) is 0 Å². The topological polar surface area (TPSA) is 20.3 Å². The maximum absolute atomic E-state index is 11.5. The predicted octanol–water partition coefficient (Wildman–Crippen LogP) is 2.14. The van der Waals surface area contributed by atoms with Gasteiger partial charge in [0.25, 0.3) is 0 Å². The molecular weight excluding hydrogens is 251 g/mol. The third-order valence-corrected chi connectivity index (χ3v) is 3.36. The van der Waals surface area contributed by atoms with E-state index in [0.717, 1.165) is 19.4 Å². The van der Waals surface area contributed by atoms with Crippen molar-refractivity contribution in [1.29, 1.82) is 0 Å². The van der Waals surface area contributed by atoms with Crippen molar-refractivity contribution >= 4 is 5.91 Å². The van der Waals surface area contributed by atoms with Gasteiger partial charge in [-0.15, -0.1) is 0 Å². The maximum atomic E-state index is 11.5. The van der Waals surface area contributed by atoms with Crippen LogP contribution in [0.1, 0.15) is 45.4 Å². The Hall–Kier alpha value is 0.574. The predicted molar refractivity (Wildman–Crippen MR) is 52.1 cm³/mol. The zero-order chi connectivity index (χ0) is 9.26. The number of amides is 1. The van der Waals surface area contributed by atoms with Gasteiger partial charge in [0.15, 0.2) is 0 Å². The van der Waals surface area contributed by atoms with E-state index in [1.165, 1.54) is 25.7 Å². The summed E-state index contributed by atoms with van der Waals surface area (Å²) in [5, 5.41) is 0. The van der Waals surface area contributed by atoms with Crippen molar-refractivity contribution in [1.82, 2.24) is 4.90 Å². The van der Waals surface area contributed by atoms with Gasteiger partial charge in [0.1, 0.15) is 0 Å². The van der Waals surface area contributed by atoms with E-state index < -0.39 is 0 Å². The first-order valence-corrected chi connectivity index (χ1v) is 5.38. The second kappa shape index (κ2) is 5.60. The number of likely N-dealkylation sites (tertiary alicyclic amines) is 1. The quantitative estimate of drug-likeness (QED) is 0.668. The minimum atomic E-state index is 0. The van der Waals surface area contributed by atoms with Crippen LogP contribution in [0, 0.1) is 5.92 Å². The van der Waals surface area contributed by atoms with Gasteiger partial charge in [0, 0.05) is 51.7 Å². The summed E-state index contributed by atoms with van der Waals surface area (Å²) < 4.78 is 0. The van der Waals surface area contributed by atoms with Gasteiger partial charge in [-0.05, 0) is 6.42 Å². The molecule has 3 heteroatoms. The first kappa shape index (κ1) is 12.6. The van der Waals surface area contributed by atoms with Crippen LogP contribution in [0.4, 0.5) is 0 Å². The Morgan fingerprint density at radius 3 is 2.50 bits per heavy atom. The third-order valence-electron chi connectivity index (χ3n) is 3.36. The molecule has 2 fully saturated rings. The number of carbonyl (C=O) groups is 1. The average Bonchev–Trinajstić information content (AvgIpc) is 2.53.